The Morgan fingerprint density at radius 2 is 1.88 bits per heavy atom. The number of ether oxygens (including phenoxy) is 1. The largest absolute Gasteiger partial charge is 0.435 e. The van der Waals surface area contributed by atoms with E-state index in [1.54, 1.807) is 12.1 Å². The van der Waals surface area contributed by atoms with Gasteiger partial charge in [-0.25, -0.2) is 0 Å². The van der Waals surface area contributed by atoms with Crippen LogP contribution in [0.1, 0.15) is 35.6 Å². The molecule has 1 aromatic heterocycles. The SMILES string of the molecule is Cc1[nH]c2ccccc2c1C1CCN(CC(=O)NCCc2ccc(OC(F)F)cc2)CC1. The molecule has 1 amide bonds. The summed E-state index contributed by atoms with van der Waals surface area (Å²) in [6, 6.07) is 15.0. The van der Waals surface area contributed by atoms with E-state index < -0.39 is 6.61 Å². The Kier molecular flexibility index (Phi) is 7.05. The van der Waals surface area contributed by atoms with E-state index >= 15 is 0 Å². The predicted octanol–water partition coefficient (Wildman–Crippen LogP) is 4.62. The van der Waals surface area contributed by atoms with Gasteiger partial charge in [0, 0.05) is 23.1 Å². The van der Waals surface area contributed by atoms with Crippen molar-refractivity contribution in [3.63, 3.8) is 0 Å². The lowest BCUT2D eigenvalue weighted by atomic mass is 9.87. The molecule has 1 fully saturated rings. The van der Waals surface area contributed by atoms with Gasteiger partial charge >= 0.3 is 6.61 Å². The minimum absolute atomic E-state index is 0.0179. The van der Waals surface area contributed by atoms with Crippen LogP contribution >= 0.6 is 0 Å². The number of nitrogens with one attached hydrogen (secondary N) is 2. The molecular formula is C25H29F2N3O2. The molecule has 1 aliphatic heterocycles. The number of aryl methyl sites for hydroxylation is 1. The third-order valence-electron chi connectivity index (χ3n) is 6.19. The lowest BCUT2D eigenvalue weighted by molar-refractivity contribution is -0.122. The highest BCUT2D eigenvalue weighted by Crippen LogP contribution is 2.35. The van der Waals surface area contributed by atoms with Gasteiger partial charge in [0.25, 0.3) is 0 Å². The molecule has 0 saturated carbocycles. The van der Waals surface area contributed by atoms with Crippen molar-refractivity contribution in [1.29, 1.82) is 0 Å². The van der Waals surface area contributed by atoms with Crippen molar-refractivity contribution in [2.75, 3.05) is 26.2 Å². The maximum atomic E-state index is 12.4. The van der Waals surface area contributed by atoms with Gasteiger partial charge in [-0.1, -0.05) is 30.3 Å². The van der Waals surface area contributed by atoms with E-state index in [2.05, 4.69) is 51.1 Å². The molecule has 0 aliphatic carbocycles. The Morgan fingerprint density at radius 1 is 1.16 bits per heavy atom. The number of hydrogen-bond donors (Lipinski definition) is 2. The van der Waals surface area contributed by atoms with E-state index in [4.69, 9.17) is 0 Å². The van der Waals surface area contributed by atoms with Gasteiger partial charge in [-0.3, -0.25) is 9.69 Å². The fourth-order valence-electron chi connectivity index (χ4n) is 4.65. The fraction of sp³-hybridized carbons (Fsp3) is 0.400. The van der Waals surface area contributed by atoms with Gasteiger partial charge in [0.05, 0.1) is 6.54 Å². The van der Waals surface area contributed by atoms with E-state index in [1.807, 2.05) is 0 Å². The molecule has 2 aromatic carbocycles. The Bertz CT molecular complexity index is 1040. The Labute approximate surface area is 186 Å². The summed E-state index contributed by atoms with van der Waals surface area (Å²) in [4.78, 5) is 18.1. The number of fused-ring (bicyclic) bond motifs is 1. The molecule has 1 aliphatic rings. The zero-order chi connectivity index (χ0) is 22.5. The van der Waals surface area contributed by atoms with Crippen LogP contribution in [-0.2, 0) is 11.2 Å². The number of alkyl halides is 2. The molecule has 1 saturated heterocycles. The van der Waals surface area contributed by atoms with E-state index in [9.17, 15) is 13.6 Å². The number of H-pyrrole nitrogens is 1. The number of aromatic nitrogens is 1. The van der Waals surface area contributed by atoms with Crippen molar-refractivity contribution < 1.29 is 18.3 Å². The van der Waals surface area contributed by atoms with Gasteiger partial charge in [-0.05, 0) is 74.5 Å². The van der Waals surface area contributed by atoms with Gasteiger partial charge in [0.2, 0.25) is 5.91 Å². The first-order valence-electron chi connectivity index (χ1n) is 11.1. The van der Waals surface area contributed by atoms with E-state index in [1.165, 1.54) is 34.3 Å². The zero-order valence-corrected chi connectivity index (χ0v) is 18.2. The first kappa shape index (κ1) is 22.3. The summed E-state index contributed by atoms with van der Waals surface area (Å²) in [5, 5.41) is 4.28. The standard InChI is InChI=1S/C25H29F2N3O2/c1-17-24(21-4-2-3-5-22(21)29-17)19-11-14-30(15-12-19)16-23(31)28-13-10-18-6-8-20(9-7-18)32-25(26)27/h2-9,19,25,29H,10-16H2,1H3,(H,28,31). The first-order chi connectivity index (χ1) is 15.5. The Balaban J connectivity index is 1.20. The van der Waals surface area contributed by atoms with Crippen molar-refractivity contribution in [3.05, 3.63) is 65.4 Å². The summed E-state index contributed by atoms with van der Waals surface area (Å²) in [7, 11) is 0. The highest BCUT2D eigenvalue weighted by Gasteiger charge is 2.25. The summed E-state index contributed by atoms with van der Waals surface area (Å²) < 4.78 is 28.7. The Hall–Kier alpha value is -2.93. The summed E-state index contributed by atoms with van der Waals surface area (Å²) in [5.74, 6) is 0.672. The average Bonchev–Trinajstić information content (AvgIpc) is 3.11. The molecule has 7 heteroatoms. The number of piperidine rings is 1. The minimum Gasteiger partial charge on any atom is -0.435 e. The number of likely N-dealkylation sites (tertiary alicyclic amines) is 1. The minimum atomic E-state index is -2.82. The van der Waals surface area contributed by atoms with Crippen molar-refractivity contribution in [3.8, 4) is 5.75 Å². The van der Waals surface area contributed by atoms with Crippen molar-refractivity contribution in [1.82, 2.24) is 15.2 Å². The highest BCUT2D eigenvalue weighted by molar-refractivity contribution is 5.85. The second kappa shape index (κ2) is 10.1. The number of benzene rings is 2. The third-order valence-corrected chi connectivity index (χ3v) is 6.19. The number of carbonyl (C=O) groups excluding carboxylic acids is 1. The van der Waals surface area contributed by atoms with Crippen LogP contribution in [0, 0.1) is 6.92 Å². The number of aromatic amines is 1. The third kappa shape index (κ3) is 5.46. The molecule has 2 N–H and O–H groups in total. The summed E-state index contributed by atoms with van der Waals surface area (Å²) in [6.45, 7) is 2.05. The van der Waals surface area contributed by atoms with Gasteiger partial charge < -0.3 is 15.0 Å². The smallest absolute Gasteiger partial charge is 0.387 e. The molecule has 2 heterocycles. The van der Waals surface area contributed by atoms with E-state index in [-0.39, 0.29) is 11.7 Å². The Morgan fingerprint density at radius 3 is 2.59 bits per heavy atom. The molecule has 4 rings (SSSR count). The molecule has 0 radical (unpaired) electrons. The van der Waals surface area contributed by atoms with Crippen LogP contribution in [0.3, 0.4) is 0 Å². The number of rotatable bonds is 8. The molecule has 5 nitrogen and oxygen atoms in total. The van der Waals surface area contributed by atoms with Crippen molar-refractivity contribution >= 4 is 16.8 Å². The number of halogens is 2. The van der Waals surface area contributed by atoms with E-state index in [0.717, 1.165) is 31.5 Å². The second-order valence-electron chi connectivity index (χ2n) is 8.38. The van der Waals surface area contributed by atoms with Crippen LogP contribution in [0.25, 0.3) is 10.9 Å². The first-order valence-corrected chi connectivity index (χ1v) is 11.1. The van der Waals surface area contributed by atoms with Crippen molar-refractivity contribution in [2.24, 2.45) is 0 Å². The molecule has 0 bridgehead atoms. The topological polar surface area (TPSA) is 57.4 Å². The molecule has 0 spiro atoms. The fourth-order valence-corrected chi connectivity index (χ4v) is 4.65. The summed E-state index contributed by atoms with van der Waals surface area (Å²) in [6.07, 6.45) is 2.73. The molecule has 0 unspecified atom stereocenters. The van der Waals surface area contributed by atoms with Crippen LogP contribution in [0.4, 0.5) is 8.78 Å². The van der Waals surface area contributed by atoms with Gasteiger partial charge in [-0.2, -0.15) is 8.78 Å². The van der Waals surface area contributed by atoms with E-state index in [0.29, 0.717) is 25.4 Å². The zero-order valence-electron chi connectivity index (χ0n) is 18.2. The molecule has 32 heavy (non-hydrogen) atoms. The number of hydrogen-bond acceptors (Lipinski definition) is 3. The normalized spacial score (nSPS) is 15.4. The number of amides is 1. The number of nitrogens with zero attached hydrogens (tertiary/aromatic N) is 1. The second-order valence-corrected chi connectivity index (χ2v) is 8.38. The van der Waals surface area contributed by atoms with Crippen LogP contribution in [0.2, 0.25) is 0 Å². The van der Waals surface area contributed by atoms with Gasteiger partial charge in [0.15, 0.2) is 0 Å². The molecule has 3 aromatic rings. The molecule has 170 valence electrons. The summed E-state index contributed by atoms with van der Waals surface area (Å²) in [5.41, 5.74) is 4.82. The number of carbonyl (C=O) groups is 1. The highest BCUT2D eigenvalue weighted by atomic mass is 19.3. The van der Waals surface area contributed by atoms with Crippen LogP contribution in [0.5, 0.6) is 5.75 Å². The van der Waals surface area contributed by atoms with Crippen LogP contribution in [0.15, 0.2) is 48.5 Å². The monoisotopic (exact) mass is 441 g/mol. The maximum absolute atomic E-state index is 12.4. The molecule has 0 atom stereocenters. The lowest BCUT2D eigenvalue weighted by Gasteiger charge is -2.31. The summed E-state index contributed by atoms with van der Waals surface area (Å²) >= 11 is 0. The van der Waals surface area contributed by atoms with Crippen molar-refractivity contribution in [2.45, 2.75) is 38.7 Å². The molecular weight excluding hydrogens is 412 g/mol. The van der Waals surface area contributed by atoms with Crippen LogP contribution < -0.4 is 10.1 Å². The lowest BCUT2D eigenvalue weighted by Crippen LogP contribution is -2.41. The number of para-hydroxylation sites is 1. The van der Waals surface area contributed by atoms with Gasteiger partial charge in [-0.15, -0.1) is 0 Å². The van der Waals surface area contributed by atoms with Gasteiger partial charge in [0.1, 0.15) is 5.75 Å². The van der Waals surface area contributed by atoms with Crippen LogP contribution in [-0.4, -0.2) is 48.6 Å². The predicted molar refractivity (Wildman–Crippen MR) is 121 cm³/mol. The maximum Gasteiger partial charge on any atom is 0.387 e. The quantitative estimate of drug-likeness (QED) is 0.537. The average molecular weight is 442 g/mol.